The number of nitrogens with two attached hydrogens (primary N) is 1. The van der Waals surface area contributed by atoms with Crippen molar-refractivity contribution in [2.75, 3.05) is 30.7 Å². The van der Waals surface area contributed by atoms with Crippen molar-refractivity contribution in [2.45, 2.75) is 26.7 Å². The molecule has 1 amide bonds. The molecule has 0 aromatic heterocycles. The number of carbonyl (C=O) groups is 1. The van der Waals surface area contributed by atoms with Gasteiger partial charge in [0.2, 0.25) is 5.91 Å². The topological polar surface area (TPSA) is 82.2 Å². The van der Waals surface area contributed by atoms with Gasteiger partial charge in [0.25, 0.3) is 0 Å². The van der Waals surface area contributed by atoms with E-state index < -0.39 is 0 Å². The molecule has 0 fully saturated rings. The van der Waals surface area contributed by atoms with E-state index in [2.05, 4.69) is 23.2 Å². The first-order valence-corrected chi connectivity index (χ1v) is 7.32. The fourth-order valence-corrected chi connectivity index (χ4v) is 2.11. The molecule has 5 nitrogen and oxygen atoms in total. The predicted octanol–water partition coefficient (Wildman–Crippen LogP) is 2.47. The Kier molecular flexibility index (Phi) is 7.27. The molecule has 0 radical (unpaired) electrons. The van der Waals surface area contributed by atoms with E-state index in [1.54, 1.807) is 12.1 Å². The van der Waals surface area contributed by atoms with Crippen LogP contribution in [0.25, 0.3) is 0 Å². The van der Waals surface area contributed by atoms with Gasteiger partial charge < -0.3 is 16.0 Å². The minimum atomic E-state index is -0.00927. The molecule has 0 aliphatic rings. The highest BCUT2D eigenvalue weighted by atomic mass is 16.1. The molecule has 0 spiro atoms. The molecule has 1 aromatic carbocycles. The van der Waals surface area contributed by atoms with Crippen LogP contribution in [0.15, 0.2) is 24.3 Å². The zero-order chi connectivity index (χ0) is 15.7. The molecule has 1 unspecified atom stereocenters. The Bertz CT molecular complexity index is 495. The van der Waals surface area contributed by atoms with Crippen LogP contribution in [-0.4, -0.2) is 30.4 Å². The first-order chi connectivity index (χ1) is 10.0. The van der Waals surface area contributed by atoms with E-state index in [0.29, 0.717) is 12.1 Å². The Hall–Kier alpha value is -2.06. The average Bonchev–Trinajstić information content (AvgIpc) is 2.45. The second-order valence-electron chi connectivity index (χ2n) is 5.20. The SMILES string of the molecule is CCN(CCCC(=O)Nc1cccc(N)c1)CC(C)C#N. The number of nitrogens with zero attached hydrogens (tertiary/aromatic N) is 2. The highest BCUT2D eigenvalue weighted by Gasteiger charge is 2.09. The van der Waals surface area contributed by atoms with Crippen LogP contribution in [0.2, 0.25) is 0 Å². The Morgan fingerprint density at radius 2 is 2.29 bits per heavy atom. The van der Waals surface area contributed by atoms with Gasteiger partial charge in [0.1, 0.15) is 0 Å². The van der Waals surface area contributed by atoms with Crippen LogP contribution in [0.3, 0.4) is 0 Å². The van der Waals surface area contributed by atoms with E-state index in [-0.39, 0.29) is 11.8 Å². The quantitative estimate of drug-likeness (QED) is 0.720. The van der Waals surface area contributed by atoms with Crippen LogP contribution in [0, 0.1) is 17.2 Å². The van der Waals surface area contributed by atoms with Gasteiger partial charge in [-0.15, -0.1) is 0 Å². The summed E-state index contributed by atoms with van der Waals surface area (Å²) in [4.78, 5) is 14.0. The first kappa shape index (κ1) is 17.0. The molecule has 0 saturated carbocycles. The molecule has 0 heterocycles. The maximum absolute atomic E-state index is 11.8. The van der Waals surface area contributed by atoms with Gasteiger partial charge in [-0.05, 0) is 44.6 Å². The number of hydrogen-bond donors (Lipinski definition) is 2. The molecule has 0 aliphatic carbocycles. The average molecular weight is 288 g/mol. The minimum absolute atomic E-state index is 0.00927. The molecular formula is C16H24N4O. The zero-order valence-electron chi connectivity index (χ0n) is 12.8. The summed E-state index contributed by atoms with van der Waals surface area (Å²) in [7, 11) is 0. The van der Waals surface area contributed by atoms with Crippen molar-refractivity contribution in [1.82, 2.24) is 4.90 Å². The van der Waals surface area contributed by atoms with Gasteiger partial charge in [-0.2, -0.15) is 5.26 Å². The van der Waals surface area contributed by atoms with Crippen LogP contribution < -0.4 is 11.1 Å². The van der Waals surface area contributed by atoms with Gasteiger partial charge in [0.05, 0.1) is 12.0 Å². The zero-order valence-corrected chi connectivity index (χ0v) is 12.8. The summed E-state index contributed by atoms with van der Waals surface area (Å²) in [6, 6.07) is 9.39. The lowest BCUT2D eigenvalue weighted by Gasteiger charge is -2.21. The highest BCUT2D eigenvalue weighted by Crippen LogP contribution is 2.12. The molecule has 114 valence electrons. The van der Waals surface area contributed by atoms with Gasteiger partial charge in [0, 0.05) is 24.3 Å². The van der Waals surface area contributed by atoms with E-state index in [1.807, 2.05) is 19.1 Å². The summed E-state index contributed by atoms with van der Waals surface area (Å²) in [6.07, 6.45) is 1.24. The van der Waals surface area contributed by atoms with Crippen molar-refractivity contribution >= 4 is 17.3 Å². The molecule has 1 aromatic rings. The molecule has 1 atom stereocenters. The van der Waals surface area contributed by atoms with Gasteiger partial charge >= 0.3 is 0 Å². The summed E-state index contributed by atoms with van der Waals surface area (Å²) in [6.45, 7) is 6.45. The summed E-state index contributed by atoms with van der Waals surface area (Å²) in [5, 5.41) is 11.7. The first-order valence-electron chi connectivity index (χ1n) is 7.32. The molecular weight excluding hydrogens is 264 g/mol. The molecule has 5 heteroatoms. The van der Waals surface area contributed by atoms with Crippen molar-refractivity contribution in [3.63, 3.8) is 0 Å². The number of amides is 1. The highest BCUT2D eigenvalue weighted by molar-refractivity contribution is 5.91. The number of anilines is 2. The van der Waals surface area contributed by atoms with E-state index in [0.717, 1.165) is 31.7 Å². The summed E-state index contributed by atoms with van der Waals surface area (Å²) in [5.74, 6) is 0.0102. The molecule has 0 bridgehead atoms. The monoisotopic (exact) mass is 288 g/mol. The minimum Gasteiger partial charge on any atom is -0.399 e. The lowest BCUT2D eigenvalue weighted by molar-refractivity contribution is -0.116. The van der Waals surface area contributed by atoms with Crippen LogP contribution >= 0.6 is 0 Å². The van der Waals surface area contributed by atoms with Crippen molar-refractivity contribution in [2.24, 2.45) is 5.92 Å². The van der Waals surface area contributed by atoms with E-state index in [9.17, 15) is 4.79 Å². The van der Waals surface area contributed by atoms with Crippen LogP contribution in [0.1, 0.15) is 26.7 Å². The normalized spacial score (nSPS) is 11.9. The third-order valence-corrected chi connectivity index (χ3v) is 3.25. The number of rotatable bonds is 8. The number of nitrogen functional groups attached to an aromatic ring is 1. The Morgan fingerprint density at radius 3 is 2.90 bits per heavy atom. The molecule has 0 aliphatic heterocycles. The number of nitrogens with one attached hydrogen (secondary N) is 1. The lowest BCUT2D eigenvalue weighted by atomic mass is 10.2. The molecule has 3 N–H and O–H groups in total. The van der Waals surface area contributed by atoms with Crippen LogP contribution in [0.5, 0.6) is 0 Å². The van der Waals surface area contributed by atoms with E-state index in [1.165, 1.54) is 0 Å². The lowest BCUT2D eigenvalue weighted by Crippen LogP contribution is -2.29. The van der Waals surface area contributed by atoms with Gasteiger partial charge in [0.15, 0.2) is 0 Å². The van der Waals surface area contributed by atoms with Crippen LogP contribution in [-0.2, 0) is 4.79 Å². The van der Waals surface area contributed by atoms with Crippen LogP contribution in [0.4, 0.5) is 11.4 Å². The van der Waals surface area contributed by atoms with Gasteiger partial charge in [-0.3, -0.25) is 4.79 Å². The smallest absolute Gasteiger partial charge is 0.224 e. The third kappa shape index (κ3) is 6.77. The predicted molar refractivity (Wildman–Crippen MR) is 85.6 cm³/mol. The van der Waals surface area contributed by atoms with Gasteiger partial charge in [-0.1, -0.05) is 13.0 Å². The molecule has 1 rings (SSSR count). The van der Waals surface area contributed by atoms with E-state index in [4.69, 9.17) is 11.0 Å². The fourth-order valence-electron chi connectivity index (χ4n) is 2.11. The van der Waals surface area contributed by atoms with E-state index >= 15 is 0 Å². The maximum Gasteiger partial charge on any atom is 0.224 e. The van der Waals surface area contributed by atoms with Crippen molar-refractivity contribution in [1.29, 1.82) is 5.26 Å². The van der Waals surface area contributed by atoms with Gasteiger partial charge in [-0.25, -0.2) is 0 Å². The largest absolute Gasteiger partial charge is 0.399 e. The van der Waals surface area contributed by atoms with Crippen molar-refractivity contribution in [3.8, 4) is 6.07 Å². The second-order valence-corrected chi connectivity index (χ2v) is 5.20. The number of nitriles is 1. The maximum atomic E-state index is 11.8. The fraction of sp³-hybridized carbons (Fsp3) is 0.500. The second kappa shape index (κ2) is 8.98. The summed E-state index contributed by atoms with van der Waals surface area (Å²) in [5.41, 5.74) is 7.03. The molecule has 0 saturated heterocycles. The standard InChI is InChI=1S/C16H24N4O/c1-3-20(12-13(2)11-17)9-5-8-16(21)19-15-7-4-6-14(18)10-15/h4,6-7,10,13H,3,5,8-9,12,18H2,1-2H3,(H,19,21). The Balaban J connectivity index is 2.31. The molecule has 21 heavy (non-hydrogen) atoms. The summed E-state index contributed by atoms with van der Waals surface area (Å²) >= 11 is 0. The van der Waals surface area contributed by atoms with Crippen molar-refractivity contribution in [3.05, 3.63) is 24.3 Å². The van der Waals surface area contributed by atoms with Crippen molar-refractivity contribution < 1.29 is 4.79 Å². The number of hydrogen-bond acceptors (Lipinski definition) is 4. The summed E-state index contributed by atoms with van der Waals surface area (Å²) < 4.78 is 0. The third-order valence-electron chi connectivity index (χ3n) is 3.25. The number of carbonyl (C=O) groups excluding carboxylic acids is 1. The number of benzene rings is 1. The Morgan fingerprint density at radius 1 is 1.52 bits per heavy atom. The Labute approximate surface area is 126 Å².